The van der Waals surface area contributed by atoms with E-state index >= 15 is 0 Å². The van der Waals surface area contributed by atoms with Crippen molar-refractivity contribution in [2.24, 2.45) is 0 Å². The summed E-state index contributed by atoms with van der Waals surface area (Å²) in [4.78, 5) is 39.5. The molecule has 3 aromatic rings. The highest BCUT2D eigenvalue weighted by Gasteiger charge is 2.36. The van der Waals surface area contributed by atoms with Crippen molar-refractivity contribution in [1.29, 1.82) is 0 Å². The summed E-state index contributed by atoms with van der Waals surface area (Å²) >= 11 is 6.79. The third-order valence-electron chi connectivity index (χ3n) is 6.01. The number of imide groups is 1. The molecular formula is C31H29ClN2O5S. The third kappa shape index (κ3) is 7.14. The van der Waals surface area contributed by atoms with Gasteiger partial charge in [-0.2, -0.15) is 0 Å². The van der Waals surface area contributed by atoms with Crippen LogP contribution in [0.25, 0.3) is 6.08 Å². The van der Waals surface area contributed by atoms with E-state index in [1.807, 2.05) is 44.2 Å². The number of rotatable bonds is 11. The first-order chi connectivity index (χ1) is 19.3. The number of nitrogens with zero attached hydrogens (tertiary/aromatic N) is 1. The Hall–Kier alpha value is -4.01. The number of thioether (sulfide) groups is 1. The number of benzene rings is 3. The number of ether oxygens (including phenoxy) is 2. The molecule has 0 spiro atoms. The van der Waals surface area contributed by atoms with Crippen LogP contribution in [0.5, 0.6) is 11.5 Å². The number of allylic oxidation sites excluding steroid dienone is 1. The molecule has 7 nitrogen and oxygen atoms in total. The predicted octanol–water partition coefficient (Wildman–Crippen LogP) is 7.03. The number of carbonyl (C=O) groups is 3. The fourth-order valence-electron chi connectivity index (χ4n) is 4.07. The molecule has 1 fully saturated rings. The highest BCUT2D eigenvalue weighted by Crippen LogP contribution is 2.38. The minimum atomic E-state index is -0.527. The van der Waals surface area contributed by atoms with Crippen LogP contribution in [0.3, 0.4) is 0 Å². The second-order valence-electron chi connectivity index (χ2n) is 8.98. The first-order valence-corrected chi connectivity index (χ1v) is 13.9. The van der Waals surface area contributed by atoms with Crippen LogP contribution >= 0.6 is 23.4 Å². The summed E-state index contributed by atoms with van der Waals surface area (Å²) in [6.07, 6.45) is 3.88. The number of hydrogen-bond acceptors (Lipinski definition) is 6. The van der Waals surface area contributed by atoms with Gasteiger partial charge in [-0.15, -0.1) is 6.58 Å². The molecule has 9 heteroatoms. The summed E-state index contributed by atoms with van der Waals surface area (Å²) in [5, 5.41) is 2.90. The number of para-hydroxylation sites is 1. The fourth-order valence-corrected chi connectivity index (χ4v) is 5.04. The lowest BCUT2D eigenvalue weighted by atomic mass is 10.0. The van der Waals surface area contributed by atoms with Gasteiger partial charge in [0.2, 0.25) is 5.91 Å². The molecular weight excluding hydrogens is 548 g/mol. The van der Waals surface area contributed by atoms with Crippen LogP contribution < -0.4 is 14.8 Å². The average molecular weight is 577 g/mol. The van der Waals surface area contributed by atoms with E-state index in [0.29, 0.717) is 47.4 Å². The summed E-state index contributed by atoms with van der Waals surface area (Å²) < 4.78 is 12.1. The molecule has 0 aliphatic carbocycles. The molecule has 1 N–H and O–H groups in total. The van der Waals surface area contributed by atoms with Gasteiger partial charge in [0.25, 0.3) is 11.1 Å². The molecule has 206 valence electrons. The Kier molecular flexibility index (Phi) is 9.69. The Labute approximate surface area is 242 Å². The molecule has 0 atom stereocenters. The van der Waals surface area contributed by atoms with E-state index in [1.165, 1.54) is 0 Å². The molecule has 1 saturated heterocycles. The minimum Gasteiger partial charge on any atom is -0.490 e. The number of amides is 3. The van der Waals surface area contributed by atoms with Gasteiger partial charge in [-0.25, -0.2) is 0 Å². The van der Waals surface area contributed by atoms with E-state index in [1.54, 1.807) is 42.5 Å². The Morgan fingerprint density at radius 3 is 2.55 bits per heavy atom. The summed E-state index contributed by atoms with van der Waals surface area (Å²) in [6.45, 7) is 7.93. The Morgan fingerprint density at radius 1 is 1.10 bits per heavy atom. The smallest absolute Gasteiger partial charge is 0.294 e. The van der Waals surface area contributed by atoms with Crippen LogP contribution in [0.15, 0.2) is 78.2 Å². The van der Waals surface area contributed by atoms with Gasteiger partial charge in [-0.1, -0.05) is 48.0 Å². The van der Waals surface area contributed by atoms with Crippen LogP contribution in [0.4, 0.5) is 10.5 Å². The maximum absolute atomic E-state index is 13.1. The van der Waals surface area contributed by atoms with Gasteiger partial charge in [0.05, 0.1) is 11.5 Å². The first-order valence-electron chi connectivity index (χ1n) is 12.7. The molecule has 0 unspecified atom stereocenters. The maximum atomic E-state index is 13.1. The van der Waals surface area contributed by atoms with Crippen molar-refractivity contribution < 1.29 is 23.9 Å². The first kappa shape index (κ1) is 29.0. The molecule has 0 saturated carbocycles. The van der Waals surface area contributed by atoms with Crippen LogP contribution in [0.1, 0.15) is 29.2 Å². The largest absolute Gasteiger partial charge is 0.490 e. The lowest BCUT2D eigenvalue weighted by Gasteiger charge is -2.17. The molecule has 0 aromatic heterocycles. The van der Waals surface area contributed by atoms with E-state index in [4.69, 9.17) is 21.1 Å². The van der Waals surface area contributed by atoms with Gasteiger partial charge >= 0.3 is 0 Å². The molecule has 3 aromatic carbocycles. The Morgan fingerprint density at radius 2 is 1.85 bits per heavy atom. The Bertz CT molecular complexity index is 1470. The number of carbonyl (C=O) groups excluding carboxylic acids is 3. The average Bonchev–Trinajstić information content (AvgIpc) is 3.18. The summed E-state index contributed by atoms with van der Waals surface area (Å²) in [7, 11) is 0. The molecule has 0 radical (unpaired) electrons. The van der Waals surface area contributed by atoms with Gasteiger partial charge in [0.15, 0.2) is 11.5 Å². The van der Waals surface area contributed by atoms with Crippen LogP contribution in [-0.4, -0.2) is 35.1 Å². The van der Waals surface area contributed by atoms with Gasteiger partial charge < -0.3 is 14.8 Å². The Balaban J connectivity index is 1.55. The van der Waals surface area contributed by atoms with Crippen molar-refractivity contribution in [3.8, 4) is 11.5 Å². The van der Waals surface area contributed by atoms with Gasteiger partial charge in [-0.3, -0.25) is 19.3 Å². The standard InChI is InChI=1S/C31H29ClN2O5S/c1-4-8-23-15-22(16-26(38-5-2)29(23)39-19-21-11-13-24(32)14-12-21)17-27-30(36)34(31(37)40-27)18-28(35)33-25-10-7-6-9-20(25)3/h4,6-7,9-17H,1,5,8,18-19H2,2-3H3,(H,33,35)/b27-17-. The highest BCUT2D eigenvalue weighted by molar-refractivity contribution is 8.18. The van der Waals surface area contributed by atoms with Crippen molar-refractivity contribution in [3.05, 3.63) is 106 Å². The van der Waals surface area contributed by atoms with Crippen molar-refractivity contribution >= 4 is 52.2 Å². The number of nitrogens with one attached hydrogen (secondary N) is 1. The quantitative estimate of drug-likeness (QED) is 0.195. The predicted molar refractivity (Wildman–Crippen MR) is 160 cm³/mol. The lowest BCUT2D eigenvalue weighted by Crippen LogP contribution is -2.36. The topological polar surface area (TPSA) is 84.9 Å². The van der Waals surface area contributed by atoms with Crippen molar-refractivity contribution in [1.82, 2.24) is 4.90 Å². The van der Waals surface area contributed by atoms with E-state index in [0.717, 1.165) is 33.4 Å². The lowest BCUT2D eigenvalue weighted by molar-refractivity contribution is -0.127. The second kappa shape index (κ2) is 13.4. The summed E-state index contributed by atoms with van der Waals surface area (Å²) in [5.74, 6) is 0.113. The summed E-state index contributed by atoms with van der Waals surface area (Å²) in [6, 6.07) is 18.3. The van der Waals surface area contributed by atoms with Crippen LogP contribution in [0, 0.1) is 6.92 Å². The molecule has 40 heavy (non-hydrogen) atoms. The van der Waals surface area contributed by atoms with Crippen molar-refractivity contribution in [2.45, 2.75) is 26.9 Å². The zero-order valence-electron chi connectivity index (χ0n) is 22.2. The molecule has 1 aliphatic heterocycles. The SMILES string of the molecule is C=CCc1cc(/C=C2\SC(=O)N(CC(=O)Nc3ccccc3C)C2=O)cc(OCC)c1OCc1ccc(Cl)cc1. The number of hydrogen-bond donors (Lipinski definition) is 1. The molecule has 1 heterocycles. The summed E-state index contributed by atoms with van der Waals surface area (Å²) in [5.41, 5.74) is 3.94. The normalized spacial score (nSPS) is 14.0. The van der Waals surface area contributed by atoms with Crippen molar-refractivity contribution in [2.75, 3.05) is 18.5 Å². The fraction of sp³-hybridized carbons (Fsp3) is 0.194. The number of anilines is 1. The molecule has 1 aliphatic rings. The zero-order valence-corrected chi connectivity index (χ0v) is 23.8. The van der Waals surface area contributed by atoms with E-state index in [2.05, 4.69) is 11.9 Å². The van der Waals surface area contributed by atoms with Gasteiger partial charge in [-0.05, 0) is 85.1 Å². The second-order valence-corrected chi connectivity index (χ2v) is 10.4. The monoisotopic (exact) mass is 576 g/mol. The number of halogens is 1. The van der Waals surface area contributed by atoms with E-state index < -0.39 is 17.1 Å². The van der Waals surface area contributed by atoms with Crippen LogP contribution in [0.2, 0.25) is 5.02 Å². The maximum Gasteiger partial charge on any atom is 0.294 e. The number of aryl methyl sites for hydroxylation is 1. The molecule has 0 bridgehead atoms. The van der Waals surface area contributed by atoms with Gasteiger partial charge in [0, 0.05) is 16.3 Å². The molecule has 3 amide bonds. The van der Waals surface area contributed by atoms with E-state index in [-0.39, 0.29) is 11.4 Å². The molecule has 4 rings (SSSR count). The van der Waals surface area contributed by atoms with Gasteiger partial charge in [0.1, 0.15) is 13.2 Å². The van der Waals surface area contributed by atoms with E-state index in [9.17, 15) is 14.4 Å². The van der Waals surface area contributed by atoms with Crippen LogP contribution in [-0.2, 0) is 22.6 Å². The highest BCUT2D eigenvalue weighted by atomic mass is 35.5. The third-order valence-corrected chi connectivity index (χ3v) is 7.17. The minimum absolute atomic E-state index is 0.218. The zero-order chi connectivity index (χ0) is 28.6. The van der Waals surface area contributed by atoms with Crippen molar-refractivity contribution in [3.63, 3.8) is 0 Å².